The molecule has 4 rings (SSSR count). The first-order valence-corrected chi connectivity index (χ1v) is 10.2. The van der Waals surface area contributed by atoms with Crippen LogP contribution in [0.1, 0.15) is 26.3 Å². The van der Waals surface area contributed by atoms with Gasteiger partial charge in [-0.3, -0.25) is 24.2 Å². The van der Waals surface area contributed by atoms with Gasteiger partial charge in [-0.15, -0.1) is 0 Å². The molecule has 0 unspecified atom stereocenters. The number of fused-ring (bicyclic) bond motifs is 1. The summed E-state index contributed by atoms with van der Waals surface area (Å²) in [6.45, 7) is 3.85. The minimum absolute atomic E-state index is 0.310. The minimum Gasteiger partial charge on any atom is -0.379 e. The average Bonchev–Trinajstić information content (AvgIpc) is 2.94. The number of ether oxygens (including phenoxy) is 1. The topological polar surface area (TPSA) is 79.0 Å². The van der Waals surface area contributed by atoms with E-state index < -0.39 is 17.7 Å². The molecule has 1 fully saturated rings. The van der Waals surface area contributed by atoms with Gasteiger partial charge < -0.3 is 10.1 Å². The second-order valence-electron chi connectivity index (χ2n) is 7.02. The lowest BCUT2D eigenvalue weighted by Crippen LogP contribution is -2.37. The average molecular weight is 458 g/mol. The van der Waals surface area contributed by atoms with Crippen molar-refractivity contribution in [2.75, 3.05) is 38.2 Å². The summed E-state index contributed by atoms with van der Waals surface area (Å²) in [5.74, 6) is -1.32. The van der Waals surface area contributed by atoms with Crippen LogP contribution in [0.25, 0.3) is 0 Å². The molecule has 0 radical (unpaired) electrons. The number of morpholine rings is 1. The lowest BCUT2D eigenvalue weighted by atomic mass is 10.1. The van der Waals surface area contributed by atoms with E-state index in [0.717, 1.165) is 43.3 Å². The van der Waals surface area contributed by atoms with E-state index in [1.54, 1.807) is 18.2 Å². The van der Waals surface area contributed by atoms with E-state index in [9.17, 15) is 14.4 Å². The van der Waals surface area contributed by atoms with Gasteiger partial charge in [-0.2, -0.15) is 0 Å². The van der Waals surface area contributed by atoms with Crippen LogP contribution < -0.4 is 5.32 Å². The Bertz CT molecular complexity index is 955. The lowest BCUT2D eigenvalue weighted by molar-refractivity contribution is -0.116. The Morgan fingerprint density at radius 1 is 1.00 bits per heavy atom. The van der Waals surface area contributed by atoms with E-state index in [0.29, 0.717) is 21.3 Å². The van der Waals surface area contributed by atoms with Gasteiger partial charge in [0.05, 0.1) is 24.3 Å². The summed E-state index contributed by atoms with van der Waals surface area (Å²) >= 11 is 3.29. The first-order chi connectivity index (χ1) is 14.0. The number of anilines is 1. The molecule has 2 aromatic carbocycles. The lowest BCUT2D eigenvalue weighted by Gasteiger charge is -2.26. The normalized spacial score (nSPS) is 16.8. The van der Waals surface area contributed by atoms with Crippen LogP contribution in [0.3, 0.4) is 0 Å². The number of amides is 3. The third-order valence-electron chi connectivity index (χ3n) is 4.98. The molecular formula is C21H20BrN3O4. The molecule has 2 heterocycles. The van der Waals surface area contributed by atoms with Crippen molar-refractivity contribution in [2.45, 2.75) is 6.54 Å². The molecule has 1 N–H and O–H groups in total. The molecule has 0 spiro atoms. The Morgan fingerprint density at radius 2 is 1.69 bits per heavy atom. The maximum Gasteiger partial charge on any atom is 0.262 e. The summed E-state index contributed by atoms with van der Waals surface area (Å²) in [5.41, 5.74) is 2.40. The van der Waals surface area contributed by atoms with Gasteiger partial charge in [0, 0.05) is 29.8 Å². The van der Waals surface area contributed by atoms with E-state index in [4.69, 9.17) is 4.74 Å². The Hall–Kier alpha value is -2.55. The van der Waals surface area contributed by atoms with Crippen LogP contribution in [0.15, 0.2) is 46.9 Å². The molecular weight excluding hydrogens is 438 g/mol. The molecule has 7 nitrogen and oxygen atoms in total. The highest BCUT2D eigenvalue weighted by Crippen LogP contribution is 2.26. The molecule has 1 saturated heterocycles. The Kier molecular flexibility index (Phi) is 5.75. The van der Waals surface area contributed by atoms with Crippen molar-refractivity contribution < 1.29 is 19.1 Å². The molecule has 2 aliphatic heterocycles. The first-order valence-electron chi connectivity index (χ1n) is 9.36. The van der Waals surface area contributed by atoms with Crippen molar-refractivity contribution in [2.24, 2.45) is 0 Å². The number of nitrogens with one attached hydrogen (secondary N) is 1. The Labute approximate surface area is 176 Å². The highest BCUT2D eigenvalue weighted by Gasteiger charge is 2.36. The molecule has 0 aromatic heterocycles. The largest absolute Gasteiger partial charge is 0.379 e. The van der Waals surface area contributed by atoms with Gasteiger partial charge in [0.25, 0.3) is 11.8 Å². The fraction of sp³-hybridized carbons (Fsp3) is 0.286. The van der Waals surface area contributed by atoms with Crippen molar-refractivity contribution in [3.63, 3.8) is 0 Å². The molecule has 29 heavy (non-hydrogen) atoms. The van der Waals surface area contributed by atoms with Crippen LogP contribution in [0, 0.1) is 0 Å². The van der Waals surface area contributed by atoms with E-state index in [2.05, 4.69) is 26.1 Å². The summed E-state index contributed by atoms with van der Waals surface area (Å²) in [6.07, 6.45) is 0. The summed E-state index contributed by atoms with van der Waals surface area (Å²) in [6, 6.07) is 12.5. The number of hydrogen-bond acceptors (Lipinski definition) is 5. The van der Waals surface area contributed by atoms with Crippen molar-refractivity contribution in [1.82, 2.24) is 9.80 Å². The summed E-state index contributed by atoms with van der Waals surface area (Å²) in [4.78, 5) is 40.6. The SMILES string of the molecule is O=C(CN1C(=O)c2ccc(Br)cc2C1=O)Nc1ccc(CN2CCOCC2)cc1. The van der Waals surface area contributed by atoms with Crippen LogP contribution in [0.2, 0.25) is 0 Å². The molecule has 3 amide bonds. The van der Waals surface area contributed by atoms with Crippen LogP contribution >= 0.6 is 15.9 Å². The fourth-order valence-electron chi connectivity index (χ4n) is 3.46. The van der Waals surface area contributed by atoms with E-state index in [1.165, 1.54) is 0 Å². The Morgan fingerprint density at radius 3 is 2.41 bits per heavy atom. The fourth-order valence-corrected chi connectivity index (χ4v) is 3.82. The summed E-state index contributed by atoms with van der Waals surface area (Å²) < 4.78 is 6.06. The number of halogens is 1. The van der Waals surface area contributed by atoms with Crippen LogP contribution in [0.4, 0.5) is 5.69 Å². The molecule has 8 heteroatoms. The first kappa shape index (κ1) is 19.8. The number of rotatable bonds is 5. The zero-order valence-corrected chi connectivity index (χ0v) is 17.3. The van der Waals surface area contributed by atoms with Gasteiger partial charge in [0.2, 0.25) is 5.91 Å². The maximum absolute atomic E-state index is 12.5. The van der Waals surface area contributed by atoms with E-state index in [-0.39, 0.29) is 6.54 Å². The number of carbonyl (C=O) groups is 3. The molecule has 150 valence electrons. The van der Waals surface area contributed by atoms with Gasteiger partial charge in [0.15, 0.2) is 0 Å². The van der Waals surface area contributed by atoms with Crippen molar-refractivity contribution in [3.8, 4) is 0 Å². The van der Waals surface area contributed by atoms with Gasteiger partial charge >= 0.3 is 0 Å². The highest BCUT2D eigenvalue weighted by molar-refractivity contribution is 9.10. The molecule has 0 aliphatic carbocycles. The monoisotopic (exact) mass is 457 g/mol. The Balaban J connectivity index is 1.35. The van der Waals surface area contributed by atoms with Gasteiger partial charge in [-0.1, -0.05) is 28.1 Å². The maximum atomic E-state index is 12.5. The number of benzene rings is 2. The van der Waals surface area contributed by atoms with Gasteiger partial charge in [-0.25, -0.2) is 0 Å². The van der Waals surface area contributed by atoms with Gasteiger partial charge in [0.1, 0.15) is 6.54 Å². The number of imide groups is 1. The second kappa shape index (κ2) is 8.44. The van der Waals surface area contributed by atoms with Gasteiger partial charge in [-0.05, 0) is 35.9 Å². The third-order valence-corrected chi connectivity index (χ3v) is 5.48. The van der Waals surface area contributed by atoms with Crippen molar-refractivity contribution >= 4 is 39.3 Å². The highest BCUT2D eigenvalue weighted by atomic mass is 79.9. The number of carbonyl (C=O) groups excluding carboxylic acids is 3. The predicted molar refractivity (Wildman–Crippen MR) is 111 cm³/mol. The number of hydrogen-bond donors (Lipinski definition) is 1. The summed E-state index contributed by atoms with van der Waals surface area (Å²) in [5, 5.41) is 2.75. The zero-order chi connectivity index (χ0) is 20.4. The molecule has 2 aliphatic rings. The van der Waals surface area contributed by atoms with E-state index >= 15 is 0 Å². The van der Waals surface area contributed by atoms with Crippen LogP contribution in [-0.4, -0.2) is 60.4 Å². The standard InChI is InChI=1S/C21H20BrN3O4/c22-15-3-6-17-18(11-15)21(28)25(20(17)27)13-19(26)23-16-4-1-14(2-5-16)12-24-7-9-29-10-8-24/h1-6,11H,7-10,12-13H2,(H,23,26). The quantitative estimate of drug-likeness (QED) is 0.697. The minimum atomic E-state index is -0.456. The summed E-state index contributed by atoms with van der Waals surface area (Å²) in [7, 11) is 0. The second-order valence-corrected chi connectivity index (χ2v) is 7.94. The van der Waals surface area contributed by atoms with Crippen LogP contribution in [-0.2, 0) is 16.1 Å². The van der Waals surface area contributed by atoms with Crippen LogP contribution in [0.5, 0.6) is 0 Å². The predicted octanol–water partition coefficient (Wildman–Crippen LogP) is 2.52. The molecule has 0 bridgehead atoms. The molecule has 0 atom stereocenters. The number of nitrogens with zero attached hydrogens (tertiary/aromatic N) is 2. The van der Waals surface area contributed by atoms with Crippen molar-refractivity contribution in [3.05, 3.63) is 63.6 Å². The molecule has 0 saturated carbocycles. The smallest absolute Gasteiger partial charge is 0.262 e. The zero-order valence-electron chi connectivity index (χ0n) is 15.7. The van der Waals surface area contributed by atoms with E-state index in [1.807, 2.05) is 24.3 Å². The van der Waals surface area contributed by atoms with Crippen molar-refractivity contribution in [1.29, 1.82) is 0 Å². The third kappa shape index (κ3) is 4.39. The molecule has 2 aromatic rings.